The van der Waals surface area contributed by atoms with Gasteiger partial charge in [-0.05, 0) is 18.2 Å². The Kier molecular flexibility index (Phi) is 5.31. The minimum atomic E-state index is -0.492. The molecule has 0 aliphatic rings. The topological polar surface area (TPSA) is 33.5 Å². The normalized spacial score (nSPS) is 12.0. The summed E-state index contributed by atoms with van der Waals surface area (Å²) in [5.41, 5.74) is 1.26. The van der Waals surface area contributed by atoms with Crippen LogP contribution in [0.1, 0.15) is 5.56 Å². The largest absolute Gasteiger partial charge is 0.326 e. The third-order valence-corrected chi connectivity index (χ3v) is 3.25. The Balaban J connectivity index is 1.91. The van der Waals surface area contributed by atoms with Crippen molar-refractivity contribution in [2.75, 3.05) is 18.9 Å². The molecule has 2 rings (SSSR count). The van der Waals surface area contributed by atoms with Crippen LogP contribution in [-0.2, 0) is 11.3 Å². The van der Waals surface area contributed by atoms with Crippen molar-refractivity contribution in [3.05, 3.63) is 64.9 Å². The molecule has 3 nitrogen and oxygen atoms in total. The molecule has 0 aliphatic carbocycles. The van der Waals surface area contributed by atoms with Crippen LogP contribution in [0.5, 0.6) is 0 Å². The zero-order valence-corrected chi connectivity index (χ0v) is 12.5. The number of amides is 1. The van der Waals surface area contributed by atoms with Crippen molar-refractivity contribution in [1.82, 2.24) is 0 Å². The second-order valence-corrected chi connectivity index (χ2v) is 5.41. The first-order valence-corrected chi connectivity index (χ1v) is 7.02. The fraction of sp³-hybridized carbons (Fsp3) is 0.188. The van der Waals surface area contributed by atoms with Gasteiger partial charge >= 0.3 is 0 Å². The molecule has 0 aliphatic heterocycles. The van der Waals surface area contributed by atoms with E-state index in [4.69, 9.17) is 11.6 Å². The molecule has 0 saturated carbocycles. The lowest BCUT2D eigenvalue weighted by Crippen LogP contribution is -3.08. The molecule has 0 fully saturated rings. The van der Waals surface area contributed by atoms with Crippen molar-refractivity contribution >= 4 is 23.2 Å². The average Bonchev–Trinajstić information content (AvgIpc) is 2.43. The molecule has 21 heavy (non-hydrogen) atoms. The Hall–Kier alpha value is -1.91. The van der Waals surface area contributed by atoms with Gasteiger partial charge in [0.2, 0.25) is 0 Å². The second kappa shape index (κ2) is 7.20. The SMILES string of the molecule is C[NH+](CC(=O)Nc1cc(Cl)ccc1F)Cc1ccccc1. The van der Waals surface area contributed by atoms with Crippen LogP contribution in [0.4, 0.5) is 10.1 Å². The molecular formula is C16H17ClFN2O+. The summed E-state index contributed by atoms with van der Waals surface area (Å²) >= 11 is 5.79. The highest BCUT2D eigenvalue weighted by atomic mass is 35.5. The van der Waals surface area contributed by atoms with Crippen LogP contribution >= 0.6 is 11.6 Å². The molecule has 110 valence electrons. The van der Waals surface area contributed by atoms with Gasteiger partial charge < -0.3 is 10.2 Å². The predicted octanol–water partition coefficient (Wildman–Crippen LogP) is 2.13. The number of halogens is 2. The smallest absolute Gasteiger partial charge is 0.279 e. The quantitative estimate of drug-likeness (QED) is 0.872. The Morgan fingerprint density at radius 3 is 2.67 bits per heavy atom. The van der Waals surface area contributed by atoms with Crippen LogP contribution in [0.15, 0.2) is 48.5 Å². The van der Waals surface area contributed by atoms with Crippen LogP contribution in [0.3, 0.4) is 0 Å². The first-order valence-electron chi connectivity index (χ1n) is 6.65. The molecule has 0 aromatic heterocycles. The zero-order chi connectivity index (χ0) is 15.2. The number of carbonyl (C=O) groups excluding carboxylic acids is 1. The zero-order valence-electron chi connectivity index (χ0n) is 11.7. The summed E-state index contributed by atoms with van der Waals surface area (Å²) in [6.45, 7) is 0.979. The number of likely N-dealkylation sites (N-methyl/N-ethyl adjacent to an activating group) is 1. The molecule has 0 saturated heterocycles. The first kappa shape index (κ1) is 15.5. The van der Waals surface area contributed by atoms with E-state index in [1.54, 1.807) is 0 Å². The molecular weight excluding hydrogens is 291 g/mol. The lowest BCUT2D eigenvalue weighted by molar-refractivity contribution is -0.885. The number of rotatable bonds is 5. The lowest BCUT2D eigenvalue weighted by atomic mass is 10.2. The summed E-state index contributed by atoms with van der Waals surface area (Å²) in [6.07, 6.45) is 0. The number of anilines is 1. The summed E-state index contributed by atoms with van der Waals surface area (Å²) < 4.78 is 13.5. The van der Waals surface area contributed by atoms with E-state index in [2.05, 4.69) is 5.32 Å². The number of nitrogens with one attached hydrogen (secondary N) is 2. The van der Waals surface area contributed by atoms with Gasteiger partial charge in [0.15, 0.2) is 6.54 Å². The van der Waals surface area contributed by atoms with Crippen LogP contribution in [0.2, 0.25) is 5.02 Å². The molecule has 1 unspecified atom stereocenters. The monoisotopic (exact) mass is 307 g/mol. The fourth-order valence-electron chi connectivity index (χ4n) is 2.07. The van der Waals surface area contributed by atoms with Crippen LogP contribution < -0.4 is 10.2 Å². The van der Waals surface area contributed by atoms with Crippen molar-refractivity contribution < 1.29 is 14.1 Å². The maximum absolute atomic E-state index is 13.5. The average molecular weight is 308 g/mol. The standard InChI is InChI=1S/C16H16ClFN2O/c1-20(10-12-5-3-2-4-6-12)11-16(21)19-15-9-13(17)7-8-14(15)18/h2-9H,10-11H2,1H3,(H,19,21)/p+1. The molecule has 2 aromatic rings. The summed E-state index contributed by atoms with van der Waals surface area (Å²) in [5, 5.41) is 2.93. The highest BCUT2D eigenvalue weighted by molar-refractivity contribution is 6.30. The Morgan fingerprint density at radius 2 is 1.95 bits per heavy atom. The third kappa shape index (κ3) is 4.85. The van der Waals surface area contributed by atoms with Gasteiger partial charge in [-0.25, -0.2) is 4.39 Å². The molecule has 2 N–H and O–H groups in total. The second-order valence-electron chi connectivity index (χ2n) is 4.97. The number of benzene rings is 2. The van der Waals surface area contributed by atoms with Gasteiger partial charge in [-0.3, -0.25) is 4.79 Å². The van der Waals surface area contributed by atoms with Crippen LogP contribution in [-0.4, -0.2) is 19.5 Å². The maximum atomic E-state index is 13.5. The van der Waals surface area contributed by atoms with Gasteiger partial charge in [-0.2, -0.15) is 0 Å². The fourth-order valence-corrected chi connectivity index (χ4v) is 2.24. The van der Waals surface area contributed by atoms with Crippen LogP contribution in [0, 0.1) is 5.82 Å². The van der Waals surface area contributed by atoms with Crippen molar-refractivity contribution in [2.24, 2.45) is 0 Å². The van der Waals surface area contributed by atoms with E-state index in [1.165, 1.54) is 18.2 Å². The Morgan fingerprint density at radius 1 is 1.24 bits per heavy atom. The summed E-state index contributed by atoms with van der Waals surface area (Å²) in [6, 6.07) is 14.0. The highest BCUT2D eigenvalue weighted by Gasteiger charge is 2.13. The lowest BCUT2D eigenvalue weighted by Gasteiger charge is -2.14. The third-order valence-electron chi connectivity index (χ3n) is 3.01. The van der Waals surface area contributed by atoms with Crippen molar-refractivity contribution in [3.63, 3.8) is 0 Å². The van der Waals surface area contributed by atoms with E-state index in [-0.39, 0.29) is 18.1 Å². The summed E-state index contributed by atoms with van der Waals surface area (Å²) in [4.78, 5) is 12.9. The summed E-state index contributed by atoms with van der Waals surface area (Å²) in [7, 11) is 1.92. The van der Waals surface area contributed by atoms with Gasteiger partial charge in [0.1, 0.15) is 12.4 Å². The molecule has 0 spiro atoms. The summed E-state index contributed by atoms with van der Waals surface area (Å²) in [5.74, 6) is -0.738. The molecule has 1 amide bonds. The minimum absolute atomic E-state index is 0.111. The number of quaternary nitrogens is 1. The van der Waals surface area contributed by atoms with Crippen molar-refractivity contribution in [2.45, 2.75) is 6.54 Å². The van der Waals surface area contributed by atoms with E-state index in [9.17, 15) is 9.18 Å². The van der Waals surface area contributed by atoms with E-state index >= 15 is 0 Å². The van der Waals surface area contributed by atoms with Crippen molar-refractivity contribution in [1.29, 1.82) is 0 Å². The number of carbonyl (C=O) groups is 1. The number of hydrogen-bond donors (Lipinski definition) is 2. The highest BCUT2D eigenvalue weighted by Crippen LogP contribution is 2.19. The van der Waals surface area contributed by atoms with E-state index in [1.807, 2.05) is 37.4 Å². The van der Waals surface area contributed by atoms with E-state index in [0.717, 1.165) is 17.0 Å². The van der Waals surface area contributed by atoms with Gasteiger partial charge in [-0.15, -0.1) is 0 Å². The Bertz CT molecular complexity index is 619. The van der Waals surface area contributed by atoms with E-state index in [0.29, 0.717) is 5.02 Å². The van der Waals surface area contributed by atoms with Gasteiger partial charge in [0.05, 0.1) is 12.7 Å². The van der Waals surface area contributed by atoms with Gasteiger partial charge in [-0.1, -0.05) is 41.9 Å². The molecule has 2 aromatic carbocycles. The predicted molar refractivity (Wildman–Crippen MR) is 81.9 cm³/mol. The van der Waals surface area contributed by atoms with Gasteiger partial charge in [0.25, 0.3) is 5.91 Å². The molecule has 1 atom stereocenters. The molecule has 0 heterocycles. The van der Waals surface area contributed by atoms with Crippen LogP contribution in [0.25, 0.3) is 0 Å². The Labute approximate surface area is 128 Å². The first-order chi connectivity index (χ1) is 10.0. The number of hydrogen-bond acceptors (Lipinski definition) is 1. The van der Waals surface area contributed by atoms with Gasteiger partial charge in [0, 0.05) is 10.6 Å². The van der Waals surface area contributed by atoms with Crippen molar-refractivity contribution in [3.8, 4) is 0 Å². The van der Waals surface area contributed by atoms with E-state index < -0.39 is 5.82 Å². The minimum Gasteiger partial charge on any atom is -0.326 e. The molecule has 5 heteroatoms. The maximum Gasteiger partial charge on any atom is 0.279 e. The molecule has 0 radical (unpaired) electrons. The molecule has 0 bridgehead atoms.